The van der Waals surface area contributed by atoms with E-state index in [9.17, 15) is 9.59 Å². The lowest BCUT2D eigenvalue weighted by molar-refractivity contribution is 0.0522. The summed E-state index contributed by atoms with van der Waals surface area (Å²) in [5, 5.41) is 8.85. The summed E-state index contributed by atoms with van der Waals surface area (Å²) in [6.45, 7) is 1.85. The quantitative estimate of drug-likeness (QED) is 0.405. The van der Waals surface area contributed by atoms with Crippen LogP contribution in [0.5, 0.6) is 0 Å². The van der Waals surface area contributed by atoms with Crippen LogP contribution in [0.4, 0.5) is 11.4 Å². The Morgan fingerprint density at radius 2 is 1.79 bits per heavy atom. The van der Waals surface area contributed by atoms with Crippen molar-refractivity contribution in [2.75, 3.05) is 6.61 Å². The molecule has 0 unspecified atom stereocenters. The Morgan fingerprint density at radius 1 is 1.04 bits per heavy atom. The molecule has 1 aromatic heterocycles. The molecule has 0 saturated heterocycles. The third-order valence-electron chi connectivity index (χ3n) is 3.25. The zero-order valence-electron chi connectivity index (χ0n) is 12.9. The van der Waals surface area contributed by atoms with E-state index in [1.54, 1.807) is 25.1 Å². The Morgan fingerprint density at radius 3 is 2.54 bits per heavy atom. The van der Waals surface area contributed by atoms with Crippen LogP contribution >= 0.6 is 0 Å². The van der Waals surface area contributed by atoms with E-state index in [4.69, 9.17) is 9.15 Å². The van der Waals surface area contributed by atoms with E-state index in [0.717, 1.165) is 5.69 Å². The van der Waals surface area contributed by atoms with Crippen molar-refractivity contribution in [2.24, 2.45) is 10.2 Å². The first-order valence-corrected chi connectivity index (χ1v) is 7.39. The summed E-state index contributed by atoms with van der Waals surface area (Å²) in [6.07, 6.45) is 0. The first-order valence-electron chi connectivity index (χ1n) is 7.39. The fourth-order valence-corrected chi connectivity index (χ4v) is 2.13. The van der Waals surface area contributed by atoms with E-state index in [0.29, 0.717) is 16.7 Å². The average Bonchev–Trinajstić information content (AvgIpc) is 2.60. The van der Waals surface area contributed by atoms with E-state index in [2.05, 4.69) is 10.2 Å². The Bertz CT molecular complexity index is 962. The minimum Gasteiger partial charge on any atom is -0.462 e. The van der Waals surface area contributed by atoms with Gasteiger partial charge < -0.3 is 9.15 Å². The van der Waals surface area contributed by atoms with Crippen molar-refractivity contribution in [1.82, 2.24) is 0 Å². The molecule has 0 aliphatic carbocycles. The second-order valence-electron chi connectivity index (χ2n) is 4.93. The highest BCUT2D eigenvalue weighted by atomic mass is 16.5. The molecule has 120 valence electrons. The summed E-state index contributed by atoms with van der Waals surface area (Å²) >= 11 is 0. The largest absolute Gasteiger partial charge is 0.462 e. The number of hydrogen-bond acceptors (Lipinski definition) is 6. The number of nitrogens with zero attached hydrogens (tertiary/aromatic N) is 2. The summed E-state index contributed by atoms with van der Waals surface area (Å²) < 4.78 is 10.0. The molecule has 1 heterocycles. The zero-order chi connectivity index (χ0) is 16.9. The molecule has 0 bridgehead atoms. The highest BCUT2D eigenvalue weighted by Crippen LogP contribution is 2.23. The van der Waals surface area contributed by atoms with Crippen molar-refractivity contribution in [3.8, 4) is 0 Å². The van der Waals surface area contributed by atoms with Gasteiger partial charge in [-0.1, -0.05) is 18.2 Å². The Balaban J connectivity index is 1.97. The van der Waals surface area contributed by atoms with E-state index < -0.39 is 11.6 Å². The van der Waals surface area contributed by atoms with Crippen molar-refractivity contribution in [3.63, 3.8) is 0 Å². The molecule has 0 spiro atoms. The molecule has 0 aliphatic rings. The van der Waals surface area contributed by atoms with Crippen LogP contribution in [0.15, 0.2) is 74.0 Å². The second-order valence-corrected chi connectivity index (χ2v) is 4.93. The lowest BCUT2D eigenvalue weighted by Gasteiger charge is -2.02. The SMILES string of the molecule is CCOC(=O)c1cc2cc(N=Nc3ccccc3)ccc2oc1=O. The van der Waals surface area contributed by atoms with Gasteiger partial charge in [0.2, 0.25) is 0 Å². The van der Waals surface area contributed by atoms with Gasteiger partial charge >= 0.3 is 11.6 Å². The van der Waals surface area contributed by atoms with Crippen LogP contribution < -0.4 is 5.63 Å². The van der Waals surface area contributed by atoms with Gasteiger partial charge in [0.05, 0.1) is 18.0 Å². The molecule has 0 saturated carbocycles. The Kier molecular flexibility index (Phi) is 4.47. The van der Waals surface area contributed by atoms with Crippen LogP contribution in [0.2, 0.25) is 0 Å². The molecule has 24 heavy (non-hydrogen) atoms. The molecule has 3 aromatic rings. The van der Waals surface area contributed by atoms with Crippen LogP contribution in [0.3, 0.4) is 0 Å². The predicted molar refractivity (Wildman–Crippen MR) is 89.1 cm³/mol. The van der Waals surface area contributed by atoms with E-state index >= 15 is 0 Å². The standard InChI is InChI=1S/C18H14N2O4/c1-2-23-17(21)15-11-12-10-14(8-9-16(12)24-18(15)22)20-19-13-6-4-3-5-7-13/h3-11H,2H2,1H3. The van der Waals surface area contributed by atoms with Crippen LogP contribution in [0.1, 0.15) is 17.3 Å². The first-order chi connectivity index (χ1) is 11.7. The third kappa shape index (κ3) is 3.38. The molecule has 0 radical (unpaired) electrons. The fourth-order valence-electron chi connectivity index (χ4n) is 2.13. The summed E-state index contributed by atoms with van der Waals surface area (Å²) in [5.41, 5.74) is 0.812. The lowest BCUT2D eigenvalue weighted by atomic mass is 10.1. The highest BCUT2D eigenvalue weighted by Gasteiger charge is 2.14. The number of esters is 1. The second kappa shape index (κ2) is 6.87. The Hall–Kier alpha value is -3.28. The molecular formula is C18H14N2O4. The molecule has 0 N–H and O–H groups in total. The van der Waals surface area contributed by atoms with Crippen LogP contribution in [-0.2, 0) is 4.74 Å². The number of ether oxygens (including phenoxy) is 1. The number of benzene rings is 2. The van der Waals surface area contributed by atoms with Gasteiger partial charge in [0.25, 0.3) is 0 Å². The zero-order valence-corrected chi connectivity index (χ0v) is 12.9. The summed E-state index contributed by atoms with van der Waals surface area (Å²) in [5.74, 6) is -0.704. The first kappa shape index (κ1) is 15.6. The van der Waals surface area contributed by atoms with E-state index in [1.807, 2.05) is 30.3 Å². The molecule has 6 heteroatoms. The monoisotopic (exact) mass is 322 g/mol. The lowest BCUT2D eigenvalue weighted by Crippen LogP contribution is -2.16. The molecule has 0 fully saturated rings. The van der Waals surface area contributed by atoms with Gasteiger partial charge in [0.15, 0.2) is 0 Å². The molecule has 2 aromatic carbocycles. The van der Waals surface area contributed by atoms with E-state index in [-0.39, 0.29) is 12.2 Å². The normalized spacial score (nSPS) is 11.0. The maximum atomic E-state index is 11.8. The van der Waals surface area contributed by atoms with E-state index in [1.165, 1.54) is 6.07 Å². The topological polar surface area (TPSA) is 81.2 Å². The van der Waals surface area contributed by atoms with Gasteiger partial charge in [0.1, 0.15) is 11.1 Å². The Labute approximate surface area is 137 Å². The highest BCUT2D eigenvalue weighted by molar-refractivity contribution is 5.93. The van der Waals surface area contributed by atoms with Crippen LogP contribution in [0, 0.1) is 0 Å². The van der Waals surface area contributed by atoms with Crippen molar-refractivity contribution in [3.05, 3.63) is 70.6 Å². The summed E-state index contributed by atoms with van der Waals surface area (Å²) in [4.78, 5) is 23.6. The molecule has 0 atom stereocenters. The fraction of sp³-hybridized carbons (Fsp3) is 0.111. The van der Waals surface area contributed by atoms with Crippen LogP contribution in [-0.4, -0.2) is 12.6 Å². The molecule has 0 aliphatic heterocycles. The van der Waals surface area contributed by atoms with Gasteiger partial charge in [0, 0.05) is 5.39 Å². The van der Waals surface area contributed by atoms with Crippen molar-refractivity contribution in [2.45, 2.75) is 6.92 Å². The van der Waals surface area contributed by atoms with Gasteiger partial charge in [-0.2, -0.15) is 10.2 Å². The van der Waals surface area contributed by atoms with Crippen molar-refractivity contribution >= 4 is 28.3 Å². The van der Waals surface area contributed by atoms with Crippen LogP contribution in [0.25, 0.3) is 11.0 Å². The number of carbonyl (C=O) groups is 1. The number of carbonyl (C=O) groups excluding carboxylic acids is 1. The summed E-state index contributed by atoms with van der Waals surface area (Å²) in [6, 6.07) is 15.7. The molecular weight excluding hydrogens is 308 g/mol. The minimum atomic E-state index is -0.723. The van der Waals surface area contributed by atoms with Gasteiger partial charge in [-0.05, 0) is 43.3 Å². The van der Waals surface area contributed by atoms with Crippen molar-refractivity contribution < 1.29 is 13.9 Å². The van der Waals surface area contributed by atoms with Crippen molar-refractivity contribution in [1.29, 1.82) is 0 Å². The maximum Gasteiger partial charge on any atom is 0.351 e. The predicted octanol–water partition coefficient (Wildman–Crippen LogP) is 4.39. The molecule has 6 nitrogen and oxygen atoms in total. The van der Waals surface area contributed by atoms with Gasteiger partial charge in [-0.25, -0.2) is 9.59 Å². The molecule has 0 amide bonds. The number of azo groups is 1. The molecule has 3 rings (SSSR count). The minimum absolute atomic E-state index is 0.138. The number of fused-ring (bicyclic) bond motifs is 1. The summed E-state index contributed by atoms with van der Waals surface area (Å²) in [7, 11) is 0. The van der Waals surface area contributed by atoms with Gasteiger partial charge in [-0.15, -0.1) is 0 Å². The average molecular weight is 322 g/mol. The number of rotatable bonds is 4. The smallest absolute Gasteiger partial charge is 0.351 e. The van der Waals surface area contributed by atoms with Gasteiger partial charge in [-0.3, -0.25) is 0 Å². The number of hydrogen-bond donors (Lipinski definition) is 0. The third-order valence-corrected chi connectivity index (χ3v) is 3.25. The maximum absolute atomic E-state index is 11.8.